The van der Waals surface area contributed by atoms with E-state index in [0.717, 1.165) is 25.6 Å². The second-order valence-corrected chi connectivity index (χ2v) is 3.43. The van der Waals surface area contributed by atoms with Crippen LogP contribution in [0, 0.1) is 5.92 Å². The fourth-order valence-electron chi connectivity index (χ4n) is 1.80. The van der Waals surface area contributed by atoms with Crippen LogP contribution in [-0.2, 0) is 4.84 Å². The van der Waals surface area contributed by atoms with E-state index in [2.05, 4.69) is 10.4 Å². The number of nitrogens with one attached hydrogen (secondary N) is 1. The summed E-state index contributed by atoms with van der Waals surface area (Å²) in [6.45, 7) is 5.57. The highest BCUT2D eigenvalue weighted by Gasteiger charge is 2.20. The van der Waals surface area contributed by atoms with Crippen molar-refractivity contribution in [3.63, 3.8) is 0 Å². The monoisotopic (exact) mass is 156 g/mol. The van der Waals surface area contributed by atoms with Gasteiger partial charge in [0.1, 0.15) is 0 Å². The van der Waals surface area contributed by atoms with E-state index in [1.165, 1.54) is 25.9 Å². The fraction of sp³-hybridized carbons (Fsp3) is 1.00. The molecule has 2 aliphatic heterocycles. The van der Waals surface area contributed by atoms with Gasteiger partial charge in [-0.3, -0.25) is 4.84 Å². The van der Waals surface area contributed by atoms with Crippen molar-refractivity contribution in [2.75, 3.05) is 32.8 Å². The van der Waals surface area contributed by atoms with E-state index in [0.29, 0.717) is 0 Å². The third kappa shape index (κ3) is 1.92. The molecule has 0 spiro atoms. The van der Waals surface area contributed by atoms with E-state index in [4.69, 9.17) is 4.84 Å². The highest BCUT2D eigenvalue weighted by molar-refractivity contribution is 4.73. The molecule has 0 aliphatic carbocycles. The number of rotatable bonds is 2. The summed E-state index contributed by atoms with van der Waals surface area (Å²) in [7, 11) is 0. The van der Waals surface area contributed by atoms with Crippen LogP contribution < -0.4 is 5.32 Å². The molecule has 2 fully saturated rings. The van der Waals surface area contributed by atoms with Gasteiger partial charge in [-0.15, -0.1) is 0 Å². The van der Waals surface area contributed by atoms with Crippen molar-refractivity contribution < 1.29 is 4.84 Å². The maximum absolute atomic E-state index is 5.42. The molecule has 1 unspecified atom stereocenters. The zero-order valence-electron chi connectivity index (χ0n) is 6.88. The van der Waals surface area contributed by atoms with Gasteiger partial charge >= 0.3 is 0 Å². The van der Waals surface area contributed by atoms with Gasteiger partial charge in [-0.2, -0.15) is 5.06 Å². The molecule has 3 heteroatoms. The van der Waals surface area contributed by atoms with Gasteiger partial charge in [-0.25, -0.2) is 0 Å². The Morgan fingerprint density at radius 3 is 3.18 bits per heavy atom. The van der Waals surface area contributed by atoms with Crippen LogP contribution in [-0.4, -0.2) is 37.8 Å². The summed E-state index contributed by atoms with van der Waals surface area (Å²) in [5, 5.41) is 5.49. The molecular weight excluding hydrogens is 140 g/mol. The van der Waals surface area contributed by atoms with Crippen LogP contribution in [0.1, 0.15) is 12.8 Å². The molecule has 0 aromatic heterocycles. The number of hydrogen-bond acceptors (Lipinski definition) is 3. The standard InChI is InChI=1S/C8H16N2O/c1-4-10(11-5-1)7-8-2-3-9-6-8/h8-9H,1-7H2. The normalized spacial score (nSPS) is 33.3. The lowest BCUT2D eigenvalue weighted by molar-refractivity contribution is -0.117. The molecule has 64 valence electrons. The van der Waals surface area contributed by atoms with E-state index >= 15 is 0 Å². The van der Waals surface area contributed by atoms with Gasteiger partial charge in [0.15, 0.2) is 0 Å². The molecule has 2 rings (SSSR count). The molecule has 0 saturated carbocycles. The molecule has 2 saturated heterocycles. The minimum Gasteiger partial charge on any atom is -0.316 e. The molecule has 3 nitrogen and oxygen atoms in total. The van der Waals surface area contributed by atoms with Crippen molar-refractivity contribution in [2.24, 2.45) is 5.92 Å². The first-order valence-corrected chi connectivity index (χ1v) is 4.54. The van der Waals surface area contributed by atoms with Crippen LogP contribution in [0.3, 0.4) is 0 Å². The molecule has 2 heterocycles. The van der Waals surface area contributed by atoms with Gasteiger partial charge < -0.3 is 5.32 Å². The summed E-state index contributed by atoms with van der Waals surface area (Å²) in [4.78, 5) is 5.42. The Hall–Kier alpha value is -0.120. The molecule has 11 heavy (non-hydrogen) atoms. The Kier molecular flexibility index (Phi) is 2.41. The Bertz CT molecular complexity index is 103. The molecule has 0 bridgehead atoms. The van der Waals surface area contributed by atoms with Crippen LogP contribution in [0.2, 0.25) is 0 Å². The number of nitrogens with zero attached hydrogens (tertiary/aromatic N) is 1. The molecule has 0 aromatic carbocycles. The first-order chi connectivity index (χ1) is 5.45. The maximum Gasteiger partial charge on any atom is 0.0698 e. The number of hydrogen-bond donors (Lipinski definition) is 1. The van der Waals surface area contributed by atoms with E-state index in [-0.39, 0.29) is 0 Å². The third-order valence-corrected chi connectivity index (χ3v) is 2.45. The van der Waals surface area contributed by atoms with Crippen LogP contribution >= 0.6 is 0 Å². The van der Waals surface area contributed by atoms with E-state index in [9.17, 15) is 0 Å². The van der Waals surface area contributed by atoms with Gasteiger partial charge in [0.25, 0.3) is 0 Å². The Balaban J connectivity index is 1.71. The van der Waals surface area contributed by atoms with Crippen molar-refractivity contribution in [1.82, 2.24) is 10.4 Å². The maximum atomic E-state index is 5.42. The van der Waals surface area contributed by atoms with Gasteiger partial charge in [0, 0.05) is 13.1 Å². The zero-order valence-corrected chi connectivity index (χ0v) is 6.88. The summed E-state index contributed by atoms with van der Waals surface area (Å²) in [5.41, 5.74) is 0. The van der Waals surface area contributed by atoms with Crippen LogP contribution in [0.15, 0.2) is 0 Å². The summed E-state index contributed by atoms with van der Waals surface area (Å²) in [6, 6.07) is 0. The zero-order chi connectivity index (χ0) is 7.52. The molecule has 1 atom stereocenters. The molecule has 0 aromatic rings. The van der Waals surface area contributed by atoms with Crippen molar-refractivity contribution >= 4 is 0 Å². The van der Waals surface area contributed by atoms with Crippen molar-refractivity contribution in [3.8, 4) is 0 Å². The predicted octanol–water partition coefficient (Wildman–Crippen LogP) is 0.233. The largest absolute Gasteiger partial charge is 0.316 e. The van der Waals surface area contributed by atoms with E-state index in [1.54, 1.807) is 0 Å². The van der Waals surface area contributed by atoms with Gasteiger partial charge in [-0.1, -0.05) is 0 Å². The van der Waals surface area contributed by atoms with Gasteiger partial charge in [-0.05, 0) is 31.8 Å². The average molecular weight is 156 g/mol. The second kappa shape index (κ2) is 3.52. The van der Waals surface area contributed by atoms with Crippen molar-refractivity contribution in [1.29, 1.82) is 0 Å². The van der Waals surface area contributed by atoms with Gasteiger partial charge in [0.05, 0.1) is 6.61 Å². The second-order valence-electron chi connectivity index (χ2n) is 3.43. The summed E-state index contributed by atoms with van der Waals surface area (Å²) in [6.07, 6.45) is 2.53. The van der Waals surface area contributed by atoms with Crippen LogP contribution in [0.4, 0.5) is 0 Å². The minimum atomic E-state index is 0.827. The van der Waals surface area contributed by atoms with Gasteiger partial charge in [0.2, 0.25) is 0 Å². The lowest BCUT2D eigenvalue weighted by atomic mass is 10.1. The molecule has 1 N–H and O–H groups in total. The molecule has 0 amide bonds. The minimum absolute atomic E-state index is 0.827. The molecule has 0 radical (unpaired) electrons. The number of hydroxylamine groups is 2. The highest BCUT2D eigenvalue weighted by atomic mass is 16.7. The van der Waals surface area contributed by atoms with Crippen LogP contribution in [0.25, 0.3) is 0 Å². The first-order valence-electron chi connectivity index (χ1n) is 4.54. The Morgan fingerprint density at radius 2 is 2.55 bits per heavy atom. The summed E-state index contributed by atoms with van der Waals surface area (Å²) < 4.78 is 0. The quantitative estimate of drug-likeness (QED) is 0.619. The SMILES string of the molecule is C1CON(CC2CCNC2)C1. The average Bonchev–Trinajstić information content (AvgIpc) is 2.60. The molecular formula is C8H16N2O. The fourth-order valence-corrected chi connectivity index (χ4v) is 1.80. The summed E-state index contributed by atoms with van der Waals surface area (Å²) in [5.74, 6) is 0.827. The molecule has 2 aliphatic rings. The van der Waals surface area contributed by atoms with Crippen molar-refractivity contribution in [2.45, 2.75) is 12.8 Å². The van der Waals surface area contributed by atoms with Crippen molar-refractivity contribution in [3.05, 3.63) is 0 Å². The first kappa shape index (κ1) is 7.53. The Labute approximate surface area is 67.7 Å². The smallest absolute Gasteiger partial charge is 0.0698 e. The predicted molar refractivity (Wildman–Crippen MR) is 43.1 cm³/mol. The summed E-state index contributed by atoms with van der Waals surface area (Å²) >= 11 is 0. The Morgan fingerprint density at radius 1 is 1.55 bits per heavy atom. The van der Waals surface area contributed by atoms with Crippen LogP contribution in [0.5, 0.6) is 0 Å². The highest BCUT2D eigenvalue weighted by Crippen LogP contribution is 2.13. The van der Waals surface area contributed by atoms with E-state index in [1.807, 2.05) is 0 Å². The third-order valence-electron chi connectivity index (χ3n) is 2.45. The lowest BCUT2D eigenvalue weighted by Crippen LogP contribution is -2.26. The lowest BCUT2D eigenvalue weighted by Gasteiger charge is -2.17. The topological polar surface area (TPSA) is 24.5 Å². The van der Waals surface area contributed by atoms with E-state index < -0.39 is 0 Å².